The van der Waals surface area contributed by atoms with Gasteiger partial charge in [0.15, 0.2) is 0 Å². The molecule has 168 valence electrons. The van der Waals surface area contributed by atoms with E-state index in [0.717, 1.165) is 25.3 Å². The summed E-state index contributed by atoms with van der Waals surface area (Å²) in [6.45, 7) is -0.790. The molecule has 13 heteroatoms. The van der Waals surface area contributed by atoms with Crippen molar-refractivity contribution in [1.29, 1.82) is 0 Å². The molecule has 0 bridgehead atoms. The summed E-state index contributed by atoms with van der Waals surface area (Å²) < 4.78 is 100. The number of halogens is 7. The molecule has 1 N–H and O–H groups in total. The van der Waals surface area contributed by atoms with Crippen molar-refractivity contribution >= 4 is 17.6 Å². The van der Waals surface area contributed by atoms with Gasteiger partial charge in [-0.2, -0.15) is 17.6 Å². The predicted molar refractivity (Wildman–Crippen MR) is 91.4 cm³/mol. The molecule has 6 nitrogen and oxygen atoms in total. The summed E-state index contributed by atoms with van der Waals surface area (Å²) in [4.78, 5) is 25.0. The summed E-state index contributed by atoms with van der Waals surface area (Å²) in [5.41, 5.74) is -1.76. The number of nitrogens with one attached hydrogen (secondary N) is 1. The smallest absolute Gasteiger partial charge is 0.428 e. The van der Waals surface area contributed by atoms with Crippen molar-refractivity contribution in [3.8, 4) is 5.75 Å². The van der Waals surface area contributed by atoms with E-state index < -0.39 is 65.7 Å². The molecule has 0 atom stereocenters. The summed E-state index contributed by atoms with van der Waals surface area (Å²) in [6.07, 6.45) is -9.06. The highest BCUT2D eigenvalue weighted by Crippen LogP contribution is 2.29. The Morgan fingerprint density at radius 1 is 1.06 bits per heavy atom. The molecule has 0 aliphatic rings. The molecule has 0 saturated carbocycles. The monoisotopic (exact) mass is 454 g/mol. The Hall–Kier alpha value is -3.35. The van der Waals surface area contributed by atoms with Gasteiger partial charge in [-0.25, -0.2) is 22.9 Å². The number of imide groups is 1. The summed E-state index contributed by atoms with van der Waals surface area (Å²) in [6, 6.07) is 2.75. The van der Waals surface area contributed by atoms with Crippen LogP contribution in [0, 0.1) is 17.5 Å². The second-order valence-electron chi connectivity index (χ2n) is 5.78. The van der Waals surface area contributed by atoms with Gasteiger partial charge in [-0.15, -0.1) is 0 Å². The zero-order valence-corrected chi connectivity index (χ0v) is 15.5. The van der Waals surface area contributed by atoms with E-state index >= 15 is 0 Å². The van der Waals surface area contributed by atoms with Crippen LogP contribution in [-0.4, -0.2) is 43.2 Å². The number of rotatable bonds is 7. The van der Waals surface area contributed by atoms with E-state index in [1.165, 1.54) is 0 Å². The van der Waals surface area contributed by atoms with Crippen LogP contribution < -0.4 is 10.1 Å². The number of alkyl halides is 4. The molecule has 0 aliphatic heterocycles. The van der Waals surface area contributed by atoms with Gasteiger partial charge in [0.1, 0.15) is 35.5 Å². The van der Waals surface area contributed by atoms with E-state index in [1.807, 2.05) is 5.32 Å². The van der Waals surface area contributed by atoms with Crippen molar-refractivity contribution in [1.82, 2.24) is 4.90 Å². The predicted octanol–water partition coefficient (Wildman–Crippen LogP) is 4.62. The Bertz CT molecular complexity index is 952. The molecule has 2 aromatic carbocycles. The normalized spacial score (nSPS) is 11.4. The van der Waals surface area contributed by atoms with Gasteiger partial charge in [0.2, 0.25) is 0 Å². The second kappa shape index (κ2) is 9.64. The number of ether oxygens (including phenoxy) is 2. The number of anilines is 1. The lowest BCUT2D eigenvalue weighted by molar-refractivity contribution is -0.253. The molecule has 0 radical (unpaired) electrons. The van der Waals surface area contributed by atoms with E-state index in [2.05, 4.69) is 9.47 Å². The van der Waals surface area contributed by atoms with Gasteiger partial charge in [-0.1, -0.05) is 6.07 Å². The lowest BCUT2D eigenvalue weighted by Crippen LogP contribution is -2.42. The average molecular weight is 454 g/mol. The maximum atomic E-state index is 14.1. The van der Waals surface area contributed by atoms with E-state index in [4.69, 9.17) is 0 Å². The van der Waals surface area contributed by atoms with Crippen molar-refractivity contribution in [2.24, 2.45) is 0 Å². The minimum Gasteiger partial charge on any atom is -0.428 e. The summed E-state index contributed by atoms with van der Waals surface area (Å²) >= 11 is 0. The number of amides is 3. The van der Waals surface area contributed by atoms with E-state index in [9.17, 15) is 40.3 Å². The first-order valence-corrected chi connectivity index (χ1v) is 8.18. The molecule has 0 aliphatic carbocycles. The number of carbonyl (C=O) groups is 2. The fraction of sp³-hybridized carbons (Fsp3) is 0.222. The molecule has 2 rings (SSSR count). The van der Waals surface area contributed by atoms with Crippen LogP contribution >= 0.6 is 0 Å². The first-order chi connectivity index (χ1) is 14.5. The quantitative estimate of drug-likeness (QED) is 0.490. The highest BCUT2D eigenvalue weighted by molar-refractivity contribution is 6.08. The molecule has 31 heavy (non-hydrogen) atoms. The van der Waals surface area contributed by atoms with Crippen LogP contribution in [0.3, 0.4) is 0 Å². The average Bonchev–Trinajstić information content (AvgIpc) is 2.67. The minimum atomic E-state index is -4.89. The van der Waals surface area contributed by atoms with Gasteiger partial charge < -0.3 is 14.8 Å². The van der Waals surface area contributed by atoms with Gasteiger partial charge in [0.05, 0.1) is 5.69 Å². The molecular formula is C18H13F7N2O4. The molecular weight excluding hydrogens is 441 g/mol. The van der Waals surface area contributed by atoms with Gasteiger partial charge in [-0.05, 0) is 24.3 Å². The largest absolute Gasteiger partial charge is 0.461 e. The van der Waals surface area contributed by atoms with Crippen molar-refractivity contribution in [2.75, 3.05) is 19.2 Å². The Morgan fingerprint density at radius 2 is 1.68 bits per heavy atom. The Labute approximate surface area is 170 Å². The Kier molecular flexibility index (Phi) is 7.44. The van der Waals surface area contributed by atoms with E-state index in [1.54, 1.807) is 0 Å². The van der Waals surface area contributed by atoms with Crippen LogP contribution in [0.5, 0.6) is 5.75 Å². The third-order valence-electron chi connectivity index (χ3n) is 3.62. The van der Waals surface area contributed by atoms with Gasteiger partial charge in [0.25, 0.3) is 5.91 Å². The molecule has 0 aromatic heterocycles. The lowest BCUT2D eigenvalue weighted by Gasteiger charge is -2.21. The van der Waals surface area contributed by atoms with Crippen molar-refractivity contribution in [2.45, 2.75) is 12.5 Å². The number of hydrogen-bond acceptors (Lipinski definition) is 4. The summed E-state index contributed by atoms with van der Waals surface area (Å²) in [5, 5.41) is 1.87. The molecule has 0 saturated heterocycles. The van der Waals surface area contributed by atoms with Crippen LogP contribution in [0.25, 0.3) is 0 Å². The number of hydrogen-bond donors (Lipinski definition) is 1. The maximum absolute atomic E-state index is 14.1. The van der Waals surface area contributed by atoms with Crippen LogP contribution in [0.1, 0.15) is 10.4 Å². The SMILES string of the molecule is COCN(C(=O)Nc1ccc(OC(F)(F)C(F)F)cc1F)C(=O)c1c(F)cccc1F. The fourth-order valence-corrected chi connectivity index (χ4v) is 2.22. The van der Waals surface area contributed by atoms with E-state index in [-0.39, 0.29) is 11.0 Å². The zero-order chi connectivity index (χ0) is 23.3. The van der Waals surface area contributed by atoms with Crippen molar-refractivity contribution in [3.63, 3.8) is 0 Å². The Balaban J connectivity index is 2.24. The fourth-order valence-electron chi connectivity index (χ4n) is 2.22. The van der Waals surface area contributed by atoms with Crippen molar-refractivity contribution < 1.29 is 49.8 Å². The summed E-state index contributed by atoms with van der Waals surface area (Å²) in [7, 11) is 1.06. The second-order valence-corrected chi connectivity index (χ2v) is 5.78. The first kappa shape index (κ1) is 23.9. The highest BCUT2D eigenvalue weighted by atomic mass is 19.3. The van der Waals surface area contributed by atoms with E-state index in [0.29, 0.717) is 12.1 Å². The van der Waals surface area contributed by atoms with Crippen LogP contribution in [0.4, 0.5) is 41.2 Å². The highest BCUT2D eigenvalue weighted by Gasteiger charge is 2.44. The third-order valence-corrected chi connectivity index (χ3v) is 3.62. The maximum Gasteiger partial charge on any atom is 0.461 e. The molecule has 0 heterocycles. The van der Waals surface area contributed by atoms with Crippen molar-refractivity contribution in [3.05, 3.63) is 59.4 Å². The molecule has 2 aromatic rings. The first-order valence-electron chi connectivity index (χ1n) is 8.18. The minimum absolute atomic E-state index is 0.205. The van der Waals surface area contributed by atoms with Crippen LogP contribution in [-0.2, 0) is 4.74 Å². The molecule has 0 spiro atoms. The topological polar surface area (TPSA) is 67.9 Å². The number of methoxy groups -OCH3 is 1. The van der Waals surface area contributed by atoms with Gasteiger partial charge in [0, 0.05) is 13.2 Å². The molecule has 0 unspecified atom stereocenters. The van der Waals surface area contributed by atoms with Crippen LogP contribution in [0.15, 0.2) is 36.4 Å². The zero-order valence-electron chi connectivity index (χ0n) is 15.5. The lowest BCUT2D eigenvalue weighted by atomic mass is 10.1. The number of urea groups is 1. The number of carbonyl (C=O) groups excluding carboxylic acids is 2. The van der Waals surface area contributed by atoms with Gasteiger partial charge >= 0.3 is 18.6 Å². The van der Waals surface area contributed by atoms with Crippen LogP contribution in [0.2, 0.25) is 0 Å². The standard InChI is InChI=1S/C18H13F7N2O4/c1-30-8-27(15(28)14-10(19)3-2-4-11(14)20)17(29)26-13-6-5-9(7-12(13)21)31-18(24,25)16(22)23/h2-7,16H,8H2,1H3,(H,26,29). The van der Waals surface area contributed by atoms with Gasteiger partial charge in [-0.3, -0.25) is 4.79 Å². The molecule has 0 fully saturated rings. The number of benzene rings is 2. The Morgan fingerprint density at radius 3 is 2.19 bits per heavy atom. The summed E-state index contributed by atoms with van der Waals surface area (Å²) in [5.74, 6) is -6.36. The third kappa shape index (κ3) is 5.63. The molecule has 3 amide bonds. The number of nitrogens with zero attached hydrogens (tertiary/aromatic N) is 1.